The molecule has 0 saturated heterocycles. The van der Waals surface area contributed by atoms with Gasteiger partial charge in [-0.3, -0.25) is 10.1 Å². The summed E-state index contributed by atoms with van der Waals surface area (Å²) in [5.41, 5.74) is 1.91. The molecule has 1 aliphatic rings. The van der Waals surface area contributed by atoms with Crippen molar-refractivity contribution in [2.45, 2.75) is 39.3 Å². The molecule has 1 atom stereocenters. The van der Waals surface area contributed by atoms with E-state index in [2.05, 4.69) is 12.2 Å². The Morgan fingerprint density at radius 3 is 2.82 bits per heavy atom. The molecule has 4 heteroatoms. The van der Waals surface area contributed by atoms with E-state index in [1.54, 1.807) is 13.0 Å². The first kappa shape index (κ1) is 12.0. The summed E-state index contributed by atoms with van der Waals surface area (Å²) in [5, 5.41) is 14.2. The van der Waals surface area contributed by atoms with Crippen LogP contribution in [0.1, 0.15) is 30.9 Å². The summed E-state index contributed by atoms with van der Waals surface area (Å²) in [6.07, 6.45) is 2.62. The lowest BCUT2D eigenvalue weighted by atomic mass is 10.1. The third kappa shape index (κ3) is 3.03. The normalized spacial score (nSPS) is 16.8. The minimum Gasteiger partial charge on any atom is -0.310 e. The molecular weight excluding hydrogens is 216 g/mol. The Balaban J connectivity index is 2.00. The fraction of sp³-hybridized carbons (Fsp3) is 0.538. The molecule has 17 heavy (non-hydrogen) atoms. The molecule has 92 valence electrons. The fourth-order valence-electron chi connectivity index (χ4n) is 2.00. The van der Waals surface area contributed by atoms with Gasteiger partial charge in [0.2, 0.25) is 0 Å². The van der Waals surface area contributed by atoms with E-state index in [4.69, 9.17) is 0 Å². The van der Waals surface area contributed by atoms with Gasteiger partial charge in [-0.1, -0.05) is 12.1 Å². The largest absolute Gasteiger partial charge is 0.310 e. The molecule has 0 bridgehead atoms. The van der Waals surface area contributed by atoms with Crippen molar-refractivity contribution in [2.75, 3.05) is 0 Å². The molecule has 2 rings (SSSR count). The van der Waals surface area contributed by atoms with Gasteiger partial charge in [0.25, 0.3) is 5.69 Å². The number of nitrogens with zero attached hydrogens (tertiary/aromatic N) is 1. The van der Waals surface area contributed by atoms with Crippen LogP contribution in [0.5, 0.6) is 0 Å². The van der Waals surface area contributed by atoms with Gasteiger partial charge in [0.05, 0.1) is 4.92 Å². The molecule has 1 unspecified atom stereocenters. The van der Waals surface area contributed by atoms with Crippen LogP contribution < -0.4 is 5.32 Å². The summed E-state index contributed by atoms with van der Waals surface area (Å²) >= 11 is 0. The molecule has 0 aromatic heterocycles. The summed E-state index contributed by atoms with van der Waals surface area (Å²) in [4.78, 5) is 10.5. The summed E-state index contributed by atoms with van der Waals surface area (Å²) in [7, 11) is 0. The van der Waals surface area contributed by atoms with Crippen LogP contribution in [0.15, 0.2) is 18.2 Å². The van der Waals surface area contributed by atoms with Gasteiger partial charge in [0.1, 0.15) is 0 Å². The van der Waals surface area contributed by atoms with Gasteiger partial charge in [-0.05, 0) is 38.2 Å². The Morgan fingerprint density at radius 1 is 1.53 bits per heavy atom. The highest BCUT2D eigenvalue weighted by Crippen LogP contribution is 2.32. The highest BCUT2D eigenvalue weighted by atomic mass is 16.6. The number of hydrogen-bond acceptors (Lipinski definition) is 3. The smallest absolute Gasteiger partial charge is 0.272 e. The predicted octanol–water partition coefficient (Wildman–Crippen LogP) is 2.79. The second-order valence-corrected chi connectivity index (χ2v) is 4.88. The number of nitrogens with one attached hydrogen (secondary N) is 1. The lowest BCUT2D eigenvalue weighted by Gasteiger charge is -2.12. The molecule has 0 spiro atoms. The Morgan fingerprint density at radius 2 is 2.24 bits per heavy atom. The van der Waals surface area contributed by atoms with Crippen LogP contribution in [0, 0.1) is 23.0 Å². The van der Waals surface area contributed by atoms with Crippen molar-refractivity contribution >= 4 is 5.69 Å². The molecule has 1 aliphatic carbocycles. The number of nitro groups is 1. The van der Waals surface area contributed by atoms with Crippen molar-refractivity contribution < 1.29 is 4.92 Å². The average molecular weight is 234 g/mol. The highest BCUT2D eigenvalue weighted by molar-refractivity contribution is 5.42. The van der Waals surface area contributed by atoms with Gasteiger partial charge < -0.3 is 5.32 Å². The van der Waals surface area contributed by atoms with E-state index in [1.165, 1.54) is 12.8 Å². The topological polar surface area (TPSA) is 55.2 Å². The molecule has 0 amide bonds. The van der Waals surface area contributed by atoms with E-state index in [-0.39, 0.29) is 10.6 Å². The molecule has 4 nitrogen and oxygen atoms in total. The van der Waals surface area contributed by atoms with Gasteiger partial charge >= 0.3 is 0 Å². The second kappa shape index (κ2) is 4.84. The van der Waals surface area contributed by atoms with Crippen molar-refractivity contribution in [1.82, 2.24) is 5.32 Å². The average Bonchev–Trinajstić information content (AvgIpc) is 3.11. The lowest BCUT2D eigenvalue weighted by Crippen LogP contribution is -2.27. The minimum atomic E-state index is -0.316. The zero-order valence-electron chi connectivity index (χ0n) is 10.3. The lowest BCUT2D eigenvalue weighted by molar-refractivity contribution is -0.385. The second-order valence-electron chi connectivity index (χ2n) is 4.88. The first-order valence-corrected chi connectivity index (χ1v) is 6.05. The van der Waals surface area contributed by atoms with Crippen LogP contribution in [0.25, 0.3) is 0 Å². The monoisotopic (exact) mass is 234 g/mol. The molecule has 1 aromatic carbocycles. The van der Waals surface area contributed by atoms with Gasteiger partial charge in [-0.25, -0.2) is 0 Å². The first-order valence-electron chi connectivity index (χ1n) is 6.05. The summed E-state index contributed by atoms with van der Waals surface area (Å²) in [6.45, 7) is 4.65. The van der Waals surface area contributed by atoms with Crippen LogP contribution in [0.2, 0.25) is 0 Å². The highest BCUT2D eigenvalue weighted by Gasteiger charge is 2.27. The van der Waals surface area contributed by atoms with E-state index in [9.17, 15) is 10.1 Å². The maximum Gasteiger partial charge on any atom is 0.272 e. The Bertz CT molecular complexity index is 427. The number of nitro benzene ring substituents is 1. The Hall–Kier alpha value is -1.42. The summed E-state index contributed by atoms with van der Waals surface area (Å²) < 4.78 is 0. The Kier molecular flexibility index (Phi) is 3.43. The SMILES string of the molecule is Cc1ccc(CNC(C)C2CC2)cc1[N+](=O)[O-]. The standard InChI is InChI=1S/C13H18N2O2/c1-9-3-4-11(7-13(9)15(16)17)8-14-10(2)12-5-6-12/h3-4,7,10,12,14H,5-6,8H2,1-2H3. The van der Waals surface area contributed by atoms with Crippen molar-refractivity contribution in [1.29, 1.82) is 0 Å². The van der Waals surface area contributed by atoms with Crippen molar-refractivity contribution in [3.05, 3.63) is 39.4 Å². The van der Waals surface area contributed by atoms with Gasteiger partial charge in [0.15, 0.2) is 0 Å². The number of aryl methyl sites for hydroxylation is 1. The molecule has 1 aromatic rings. The number of rotatable bonds is 5. The van der Waals surface area contributed by atoms with Gasteiger partial charge in [-0.2, -0.15) is 0 Å². The van der Waals surface area contributed by atoms with E-state index in [0.29, 0.717) is 18.2 Å². The van der Waals surface area contributed by atoms with Crippen LogP contribution in [-0.4, -0.2) is 11.0 Å². The van der Waals surface area contributed by atoms with E-state index in [1.807, 2.05) is 12.1 Å². The van der Waals surface area contributed by atoms with Crippen LogP contribution >= 0.6 is 0 Å². The number of hydrogen-bond donors (Lipinski definition) is 1. The van der Waals surface area contributed by atoms with Crippen LogP contribution in [0.4, 0.5) is 5.69 Å². The predicted molar refractivity (Wildman–Crippen MR) is 66.9 cm³/mol. The number of benzene rings is 1. The molecule has 1 fully saturated rings. The minimum absolute atomic E-state index is 0.211. The van der Waals surface area contributed by atoms with E-state index < -0.39 is 0 Å². The van der Waals surface area contributed by atoms with Crippen molar-refractivity contribution in [2.24, 2.45) is 5.92 Å². The maximum atomic E-state index is 10.8. The summed E-state index contributed by atoms with van der Waals surface area (Å²) in [6, 6.07) is 5.95. The van der Waals surface area contributed by atoms with E-state index >= 15 is 0 Å². The van der Waals surface area contributed by atoms with Crippen molar-refractivity contribution in [3.63, 3.8) is 0 Å². The van der Waals surface area contributed by atoms with Gasteiger partial charge in [-0.15, -0.1) is 0 Å². The quantitative estimate of drug-likeness (QED) is 0.629. The fourth-order valence-corrected chi connectivity index (χ4v) is 2.00. The molecule has 1 N–H and O–H groups in total. The van der Waals surface area contributed by atoms with E-state index in [0.717, 1.165) is 11.5 Å². The third-order valence-corrected chi connectivity index (χ3v) is 3.43. The Labute approximate surface area is 101 Å². The zero-order valence-corrected chi connectivity index (χ0v) is 10.3. The zero-order chi connectivity index (χ0) is 12.4. The maximum absolute atomic E-state index is 10.8. The first-order chi connectivity index (χ1) is 8.08. The third-order valence-electron chi connectivity index (χ3n) is 3.43. The van der Waals surface area contributed by atoms with Crippen LogP contribution in [-0.2, 0) is 6.54 Å². The summed E-state index contributed by atoms with van der Waals surface area (Å²) in [5.74, 6) is 0.801. The molecule has 0 aliphatic heterocycles. The van der Waals surface area contributed by atoms with Gasteiger partial charge in [0, 0.05) is 24.2 Å². The van der Waals surface area contributed by atoms with Crippen LogP contribution in [0.3, 0.4) is 0 Å². The molecule has 1 saturated carbocycles. The molecular formula is C13H18N2O2. The molecule has 0 heterocycles. The van der Waals surface area contributed by atoms with Crippen molar-refractivity contribution in [3.8, 4) is 0 Å². The molecule has 0 radical (unpaired) electrons.